The highest BCUT2D eigenvalue weighted by atomic mass is 79.9. The molecular weight excluding hydrogens is 436 g/mol. The van der Waals surface area contributed by atoms with Gasteiger partial charge in [-0.15, -0.1) is 0 Å². The van der Waals surface area contributed by atoms with Crippen LogP contribution in [-0.4, -0.2) is 42.3 Å². The number of halogens is 1. The zero-order valence-electron chi connectivity index (χ0n) is 17.9. The number of hydrogen-bond acceptors (Lipinski definition) is 2. The van der Waals surface area contributed by atoms with Crippen LogP contribution < -0.4 is 5.32 Å². The van der Waals surface area contributed by atoms with Crippen molar-refractivity contribution in [3.05, 3.63) is 71.8 Å². The maximum Gasteiger partial charge on any atom is 0.233 e. The Balaban J connectivity index is 0.000000177. The van der Waals surface area contributed by atoms with Gasteiger partial charge in [-0.25, -0.2) is 0 Å². The SMILES string of the molecule is O=C(CBr)N1CCC(Cc2ccccc2)CC1.c1ccc(CC2CCNCC2)cc1. The number of rotatable bonds is 5. The highest BCUT2D eigenvalue weighted by molar-refractivity contribution is 9.09. The largest absolute Gasteiger partial charge is 0.342 e. The number of likely N-dealkylation sites (tertiary alicyclic amines) is 1. The van der Waals surface area contributed by atoms with Crippen LogP contribution in [-0.2, 0) is 17.6 Å². The zero-order valence-corrected chi connectivity index (χ0v) is 19.5. The van der Waals surface area contributed by atoms with Crippen molar-refractivity contribution in [1.29, 1.82) is 0 Å². The molecule has 2 aromatic carbocycles. The van der Waals surface area contributed by atoms with Crippen molar-refractivity contribution < 1.29 is 4.79 Å². The Morgan fingerprint density at radius 1 is 0.800 bits per heavy atom. The van der Waals surface area contributed by atoms with Gasteiger partial charge in [-0.2, -0.15) is 0 Å². The molecule has 3 nitrogen and oxygen atoms in total. The van der Waals surface area contributed by atoms with Crippen molar-refractivity contribution in [2.75, 3.05) is 31.5 Å². The Morgan fingerprint density at radius 3 is 1.73 bits per heavy atom. The third-order valence-corrected chi connectivity index (χ3v) is 6.75. The second-order valence-corrected chi connectivity index (χ2v) is 9.09. The third-order valence-electron chi connectivity index (χ3n) is 6.27. The summed E-state index contributed by atoms with van der Waals surface area (Å²) in [6, 6.07) is 21.5. The number of carbonyl (C=O) groups excluding carboxylic acids is 1. The molecule has 1 N–H and O–H groups in total. The van der Waals surface area contributed by atoms with Crippen LogP contribution in [0.15, 0.2) is 60.7 Å². The van der Waals surface area contributed by atoms with Crippen LogP contribution >= 0.6 is 15.9 Å². The van der Waals surface area contributed by atoms with Gasteiger partial charge < -0.3 is 10.2 Å². The summed E-state index contributed by atoms with van der Waals surface area (Å²) < 4.78 is 0. The minimum Gasteiger partial charge on any atom is -0.342 e. The van der Waals surface area contributed by atoms with E-state index in [4.69, 9.17) is 0 Å². The van der Waals surface area contributed by atoms with Gasteiger partial charge >= 0.3 is 0 Å². The van der Waals surface area contributed by atoms with Crippen LogP contribution in [0.25, 0.3) is 0 Å². The summed E-state index contributed by atoms with van der Waals surface area (Å²) in [5.74, 6) is 1.86. The number of nitrogens with one attached hydrogen (secondary N) is 1. The third kappa shape index (κ3) is 7.88. The number of piperidine rings is 2. The maximum absolute atomic E-state index is 11.5. The van der Waals surface area contributed by atoms with Gasteiger partial charge in [-0.05, 0) is 74.6 Å². The lowest BCUT2D eigenvalue weighted by atomic mass is 9.90. The van der Waals surface area contributed by atoms with E-state index < -0.39 is 0 Å². The minimum absolute atomic E-state index is 0.225. The molecule has 2 aliphatic heterocycles. The van der Waals surface area contributed by atoms with Gasteiger partial charge in [0.2, 0.25) is 5.91 Å². The quantitative estimate of drug-likeness (QED) is 0.616. The lowest BCUT2D eigenvalue weighted by Crippen LogP contribution is -2.39. The molecule has 4 heteroatoms. The lowest BCUT2D eigenvalue weighted by molar-refractivity contribution is -0.129. The summed E-state index contributed by atoms with van der Waals surface area (Å²) in [7, 11) is 0. The molecule has 0 aromatic heterocycles. The van der Waals surface area contributed by atoms with E-state index in [9.17, 15) is 4.79 Å². The van der Waals surface area contributed by atoms with Crippen molar-refractivity contribution in [2.24, 2.45) is 11.8 Å². The fourth-order valence-corrected chi connectivity index (χ4v) is 4.81. The molecule has 0 aliphatic carbocycles. The van der Waals surface area contributed by atoms with E-state index in [0.717, 1.165) is 44.2 Å². The van der Waals surface area contributed by atoms with Gasteiger partial charge in [0, 0.05) is 13.1 Å². The number of benzene rings is 2. The second kappa shape index (κ2) is 12.9. The smallest absolute Gasteiger partial charge is 0.233 e. The van der Waals surface area contributed by atoms with Crippen LogP contribution in [0, 0.1) is 11.8 Å². The van der Waals surface area contributed by atoms with Gasteiger partial charge in [0.05, 0.1) is 5.33 Å². The first-order valence-corrected chi connectivity index (χ1v) is 12.5. The Labute approximate surface area is 190 Å². The molecule has 0 radical (unpaired) electrons. The molecule has 2 aliphatic rings. The zero-order chi connectivity index (χ0) is 21.0. The van der Waals surface area contributed by atoms with E-state index in [-0.39, 0.29) is 5.91 Å². The average Bonchev–Trinajstić information content (AvgIpc) is 2.81. The first-order valence-electron chi connectivity index (χ1n) is 11.4. The van der Waals surface area contributed by atoms with E-state index in [0.29, 0.717) is 5.33 Å². The average molecular weight is 471 g/mol. The Kier molecular flexibility index (Phi) is 9.91. The van der Waals surface area contributed by atoms with Crippen molar-refractivity contribution >= 4 is 21.8 Å². The topological polar surface area (TPSA) is 32.3 Å². The standard InChI is InChI=1S/C14H18BrNO.C12H17N/c15-11-14(17)16-8-6-13(7-9-16)10-12-4-2-1-3-5-12;1-2-4-11(5-3-1)10-12-6-8-13-9-7-12/h1-5,13H,6-11H2;1-5,12-13H,6-10H2. The van der Waals surface area contributed by atoms with Gasteiger partial charge in [0.15, 0.2) is 0 Å². The van der Waals surface area contributed by atoms with Crippen LogP contribution in [0.3, 0.4) is 0 Å². The van der Waals surface area contributed by atoms with Gasteiger partial charge in [0.25, 0.3) is 0 Å². The van der Waals surface area contributed by atoms with Gasteiger partial charge in [-0.3, -0.25) is 4.79 Å². The van der Waals surface area contributed by atoms with Crippen molar-refractivity contribution in [3.63, 3.8) is 0 Å². The maximum atomic E-state index is 11.5. The van der Waals surface area contributed by atoms with Crippen LogP contribution in [0.1, 0.15) is 36.8 Å². The van der Waals surface area contributed by atoms with E-state index in [1.165, 1.54) is 43.5 Å². The molecule has 0 saturated carbocycles. The minimum atomic E-state index is 0.225. The summed E-state index contributed by atoms with van der Waals surface area (Å²) in [6.45, 7) is 4.25. The summed E-state index contributed by atoms with van der Waals surface area (Å²) in [4.78, 5) is 13.5. The molecule has 2 saturated heterocycles. The van der Waals surface area contributed by atoms with Crippen LogP contribution in [0.2, 0.25) is 0 Å². The van der Waals surface area contributed by atoms with Crippen LogP contribution in [0.4, 0.5) is 0 Å². The molecule has 4 rings (SSSR count). The second-order valence-electron chi connectivity index (χ2n) is 8.53. The van der Waals surface area contributed by atoms with Crippen molar-refractivity contribution in [3.8, 4) is 0 Å². The number of hydrogen-bond donors (Lipinski definition) is 1. The molecule has 30 heavy (non-hydrogen) atoms. The number of carbonyl (C=O) groups is 1. The molecule has 0 unspecified atom stereocenters. The first-order chi connectivity index (χ1) is 14.7. The van der Waals surface area contributed by atoms with Crippen LogP contribution in [0.5, 0.6) is 0 Å². The van der Waals surface area contributed by atoms with Gasteiger partial charge in [-0.1, -0.05) is 76.6 Å². The first kappa shape index (κ1) is 23.0. The van der Waals surface area contributed by atoms with E-state index in [1.807, 2.05) is 4.90 Å². The van der Waals surface area contributed by atoms with Crippen molar-refractivity contribution in [1.82, 2.24) is 10.2 Å². The Hall–Kier alpha value is -1.65. The molecule has 0 atom stereocenters. The predicted molar refractivity (Wildman–Crippen MR) is 129 cm³/mol. The Bertz CT molecular complexity index is 723. The number of amides is 1. The molecule has 2 aromatic rings. The van der Waals surface area contributed by atoms with E-state index in [2.05, 4.69) is 81.9 Å². The molecule has 162 valence electrons. The monoisotopic (exact) mass is 470 g/mol. The summed E-state index contributed by atoms with van der Waals surface area (Å²) in [5, 5.41) is 3.86. The molecular formula is C26H35BrN2O. The van der Waals surface area contributed by atoms with E-state index >= 15 is 0 Å². The summed E-state index contributed by atoms with van der Waals surface area (Å²) >= 11 is 3.23. The molecule has 2 heterocycles. The predicted octanol–water partition coefficient (Wildman–Crippen LogP) is 5.09. The summed E-state index contributed by atoms with van der Waals surface area (Å²) in [6.07, 6.45) is 7.37. The molecule has 1 amide bonds. The van der Waals surface area contributed by atoms with Gasteiger partial charge in [0.1, 0.15) is 0 Å². The van der Waals surface area contributed by atoms with Crippen molar-refractivity contribution in [2.45, 2.75) is 38.5 Å². The number of alkyl halides is 1. The highest BCUT2D eigenvalue weighted by Gasteiger charge is 2.22. The van der Waals surface area contributed by atoms with E-state index in [1.54, 1.807) is 0 Å². The molecule has 2 fully saturated rings. The molecule has 0 spiro atoms. The molecule has 0 bridgehead atoms. The Morgan fingerprint density at radius 2 is 1.27 bits per heavy atom. The normalized spacial score (nSPS) is 17.8. The highest BCUT2D eigenvalue weighted by Crippen LogP contribution is 2.22. The fraction of sp³-hybridized carbons (Fsp3) is 0.500. The lowest BCUT2D eigenvalue weighted by Gasteiger charge is -2.31. The fourth-order valence-electron chi connectivity index (χ4n) is 4.45. The summed E-state index contributed by atoms with van der Waals surface area (Å²) in [5.41, 5.74) is 2.91. The number of nitrogens with zero attached hydrogens (tertiary/aromatic N) is 1.